The summed E-state index contributed by atoms with van der Waals surface area (Å²) < 4.78 is 0. The van der Waals surface area contributed by atoms with E-state index in [-0.39, 0.29) is 5.69 Å². The largest absolute Gasteiger partial charge is 0.476 e. The number of aromatic nitrogens is 2. The summed E-state index contributed by atoms with van der Waals surface area (Å²) in [7, 11) is 0. The maximum atomic E-state index is 10.7. The van der Waals surface area contributed by atoms with Crippen LogP contribution in [-0.2, 0) is 0 Å². The zero-order valence-electron chi connectivity index (χ0n) is 10.6. The van der Waals surface area contributed by atoms with E-state index in [4.69, 9.17) is 5.11 Å². The molecule has 0 amide bonds. The Labute approximate surface area is 105 Å². The Morgan fingerprint density at radius 1 is 1.00 bits per heavy atom. The average molecular weight is 242 g/mol. The number of nitrogens with zero attached hydrogens (tertiary/aromatic N) is 2. The fourth-order valence-electron chi connectivity index (χ4n) is 1.83. The Kier molecular flexibility index (Phi) is 3.10. The van der Waals surface area contributed by atoms with Crippen LogP contribution in [0.5, 0.6) is 0 Å². The Morgan fingerprint density at radius 3 is 2.22 bits per heavy atom. The van der Waals surface area contributed by atoms with Crippen LogP contribution in [0.4, 0.5) is 0 Å². The van der Waals surface area contributed by atoms with Gasteiger partial charge in [-0.25, -0.2) is 4.79 Å². The van der Waals surface area contributed by atoms with Crippen LogP contribution in [0.1, 0.15) is 27.2 Å². The number of benzene rings is 1. The van der Waals surface area contributed by atoms with Crippen molar-refractivity contribution in [1.82, 2.24) is 10.2 Å². The van der Waals surface area contributed by atoms with Crippen molar-refractivity contribution in [3.8, 4) is 11.3 Å². The van der Waals surface area contributed by atoms with Gasteiger partial charge >= 0.3 is 5.97 Å². The van der Waals surface area contributed by atoms with Crippen molar-refractivity contribution in [1.29, 1.82) is 0 Å². The number of aromatic carboxylic acids is 1. The van der Waals surface area contributed by atoms with Gasteiger partial charge in [0.15, 0.2) is 5.69 Å². The molecular formula is C14H14N2O2. The second-order valence-corrected chi connectivity index (χ2v) is 4.36. The van der Waals surface area contributed by atoms with E-state index in [0.717, 1.165) is 11.1 Å². The summed E-state index contributed by atoms with van der Waals surface area (Å²) in [6.45, 7) is 6.11. The Balaban J connectivity index is 2.49. The molecule has 1 heterocycles. The minimum absolute atomic E-state index is 0.0414. The van der Waals surface area contributed by atoms with Crippen molar-refractivity contribution in [2.75, 3.05) is 0 Å². The number of rotatable bonds is 2. The predicted octanol–water partition coefficient (Wildman–Crippen LogP) is 2.77. The fourth-order valence-corrected chi connectivity index (χ4v) is 1.83. The molecule has 18 heavy (non-hydrogen) atoms. The first-order valence-electron chi connectivity index (χ1n) is 5.64. The number of carboxylic acids is 1. The van der Waals surface area contributed by atoms with Crippen molar-refractivity contribution in [2.45, 2.75) is 20.8 Å². The molecule has 0 aliphatic carbocycles. The number of hydrogen-bond acceptors (Lipinski definition) is 3. The maximum Gasteiger partial charge on any atom is 0.356 e. The van der Waals surface area contributed by atoms with Gasteiger partial charge in [0.1, 0.15) is 0 Å². The van der Waals surface area contributed by atoms with Gasteiger partial charge in [0.2, 0.25) is 0 Å². The van der Waals surface area contributed by atoms with Crippen LogP contribution in [0.3, 0.4) is 0 Å². The van der Waals surface area contributed by atoms with Crippen molar-refractivity contribution < 1.29 is 9.90 Å². The third-order valence-corrected chi connectivity index (χ3v) is 3.00. The van der Waals surface area contributed by atoms with E-state index in [1.54, 1.807) is 6.07 Å². The van der Waals surface area contributed by atoms with Crippen LogP contribution >= 0.6 is 0 Å². The minimum Gasteiger partial charge on any atom is -0.476 e. The van der Waals surface area contributed by atoms with Crippen molar-refractivity contribution >= 4 is 5.97 Å². The molecule has 0 spiro atoms. The molecule has 4 heteroatoms. The number of hydrogen-bond donors (Lipinski definition) is 1. The zero-order chi connectivity index (χ0) is 13.3. The molecule has 2 aromatic rings. The second-order valence-electron chi connectivity index (χ2n) is 4.36. The van der Waals surface area contributed by atoms with Gasteiger partial charge in [-0.2, -0.15) is 0 Å². The third kappa shape index (κ3) is 2.22. The summed E-state index contributed by atoms with van der Waals surface area (Å²) in [6.07, 6.45) is 0. The van der Waals surface area contributed by atoms with Crippen molar-refractivity contribution in [2.24, 2.45) is 0 Å². The molecule has 0 unspecified atom stereocenters. The van der Waals surface area contributed by atoms with Crippen LogP contribution in [0.2, 0.25) is 0 Å². The maximum absolute atomic E-state index is 10.7. The van der Waals surface area contributed by atoms with Crippen molar-refractivity contribution in [3.63, 3.8) is 0 Å². The molecule has 1 aromatic heterocycles. The highest BCUT2D eigenvalue weighted by Crippen LogP contribution is 2.24. The summed E-state index contributed by atoms with van der Waals surface area (Å²) in [4.78, 5) is 10.7. The molecule has 0 saturated heterocycles. The SMILES string of the molecule is Cc1cc(C)c(-c2ccc(C(=O)O)nn2)cc1C. The summed E-state index contributed by atoms with van der Waals surface area (Å²) in [6, 6.07) is 7.30. The molecule has 92 valence electrons. The quantitative estimate of drug-likeness (QED) is 0.879. The number of carbonyl (C=O) groups is 1. The summed E-state index contributed by atoms with van der Waals surface area (Å²) in [5, 5.41) is 16.4. The van der Waals surface area contributed by atoms with E-state index in [2.05, 4.69) is 29.3 Å². The molecule has 0 aliphatic heterocycles. The van der Waals surface area contributed by atoms with Crippen molar-refractivity contribution in [3.05, 3.63) is 46.6 Å². The minimum atomic E-state index is -1.06. The monoisotopic (exact) mass is 242 g/mol. The normalized spacial score (nSPS) is 10.4. The smallest absolute Gasteiger partial charge is 0.356 e. The van der Waals surface area contributed by atoms with E-state index in [0.29, 0.717) is 5.69 Å². The molecule has 1 aromatic carbocycles. The Hall–Kier alpha value is -2.23. The predicted molar refractivity (Wildman–Crippen MR) is 68.6 cm³/mol. The van der Waals surface area contributed by atoms with E-state index >= 15 is 0 Å². The first-order chi connectivity index (χ1) is 8.49. The summed E-state index contributed by atoms with van der Waals surface area (Å²) in [5.41, 5.74) is 5.16. The van der Waals surface area contributed by atoms with Crippen LogP contribution in [0.25, 0.3) is 11.3 Å². The highest BCUT2D eigenvalue weighted by Gasteiger charge is 2.09. The first kappa shape index (κ1) is 12.2. The van der Waals surface area contributed by atoms with Crippen LogP contribution in [-0.4, -0.2) is 21.3 Å². The van der Waals surface area contributed by atoms with E-state index in [1.807, 2.05) is 13.8 Å². The van der Waals surface area contributed by atoms with Gasteiger partial charge in [-0.15, -0.1) is 10.2 Å². The average Bonchev–Trinajstić information content (AvgIpc) is 2.34. The molecule has 2 rings (SSSR count). The lowest BCUT2D eigenvalue weighted by Crippen LogP contribution is -2.02. The third-order valence-electron chi connectivity index (χ3n) is 3.00. The Bertz CT molecular complexity index is 604. The summed E-state index contributed by atoms with van der Waals surface area (Å²) >= 11 is 0. The molecule has 0 aliphatic rings. The molecule has 4 nitrogen and oxygen atoms in total. The molecule has 1 N–H and O–H groups in total. The van der Waals surface area contributed by atoms with Crippen LogP contribution in [0, 0.1) is 20.8 Å². The molecule has 0 atom stereocenters. The van der Waals surface area contributed by atoms with Gasteiger partial charge in [-0.3, -0.25) is 0 Å². The van der Waals surface area contributed by atoms with Crippen LogP contribution < -0.4 is 0 Å². The zero-order valence-corrected chi connectivity index (χ0v) is 10.6. The highest BCUT2D eigenvalue weighted by molar-refractivity contribution is 5.85. The van der Waals surface area contributed by atoms with Gasteiger partial charge in [0.05, 0.1) is 5.69 Å². The fraction of sp³-hybridized carbons (Fsp3) is 0.214. The summed E-state index contributed by atoms with van der Waals surface area (Å²) in [5.74, 6) is -1.06. The lowest BCUT2D eigenvalue weighted by molar-refractivity contribution is 0.0689. The highest BCUT2D eigenvalue weighted by atomic mass is 16.4. The second kappa shape index (κ2) is 4.56. The lowest BCUT2D eigenvalue weighted by atomic mass is 9.98. The lowest BCUT2D eigenvalue weighted by Gasteiger charge is -2.08. The van der Waals surface area contributed by atoms with Gasteiger partial charge in [-0.05, 0) is 55.7 Å². The van der Waals surface area contributed by atoms with Crippen LogP contribution in [0.15, 0.2) is 24.3 Å². The first-order valence-corrected chi connectivity index (χ1v) is 5.64. The Morgan fingerprint density at radius 2 is 1.67 bits per heavy atom. The van der Waals surface area contributed by atoms with Gasteiger partial charge < -0.3 is 5.11 Å². The molecule has 0 bridgehead atoms. The standard InChI is InChI=1S/C14H14N2O2/c1-8-6-10(3)11(7-9(8)2)12-4-5-13(14(17)18)16-15-12/h4-7H,1-3H3,(H,17,18). The van der Waals surface area contributed by atoms with E-state index < -0.39 is 5.97 Å². The molecule has 0 radical (unpaired) electrons. The van der Waals surface area contributed by atoms with Gasteiger partial charge in [-0.1, -0.05) is 6.07 Å². The van der Waals surface area contributed by atoms with Gasteiger partial charge in [0, 0.05) is 5.56 Å². The van der Waals surface area contributed by atoms with Gasteiger partial charge in [0.25, 0.3) is 0 Å². The molecule has 0 saturated carbocycles. The number of aryl methyl sites for hydroxylation is 3. The van der Waals surface area contributed by atoms with E-state index in [1.165, 1.54) is 17.2 Å². The molecular weight excluding hydrogens is 228 g/mol. The topological polar surface area (TPSA) is 63.1 Å². The number of carboxylic acid groups (broad SMARTS) is 1. The van der Waals surface area contributed by atoms with E-state index in [9.17, 15) is 4.79 Å². The molecule has 0 fully saturated rings.